The number of likely N-dealkylation sites (tertiary alicyclic amines) is 1. The third kappa shape index (κ3) is 7.00. The minimum atomic E-state index is -3.45. The van der Waals surface area contributed by atoms with E-state index in [4.69, 9.17) is 4.74 Å². The number of aromatic nitrogens is 3. The van der Waals surface area contributed by atoms with E-state index in [1.54, 1.807) is 21.7 Å². The van der Waals surface area contributed by atoms with Crippen LogP contribution in [0.15, 0.2) is 71.2 Å². The van der Waals surface area contributed by atoms with E-state index in [1.165, 1.54) is 0 Å². The lowest BCUT2D eigenvalue weighted by Crippen LogP contribution is -2.32. The van der Waals surface area contributed by atoms with Crippen LogP contribution < -0.4 is 9.46 Å². The zero-order valence-corrected chi connectivity index (χ0v) is 21.4. The van der Waals surface area contributed by atoms with Crippen LogP contribution in [0, 0.1) is 5.92 Å². The van der Waals surface area contributed by atoms with Crippen molar-refractivity contribution in [2.24, 2.45) is 5.92 Å². The van der Waals surface area contributed by atoms with E-state index in [1.807, 2.05) is 42.6 Å². The molecule has 0 unspecified atom stereocenters. The van der Waals surface area contributed by atoms with Gasteiger partial charge in [0.15, 0.2) is 0 Å². The summed E-state index contributed by atoms with van der Waals surface area (Å²) >= 11 is 3.40. The highest BCUT2D eigenvalue weighted by Gasteiger charge is 2.27. The first-order valence-electron chi connectivity index (χ1n) is 11.1. The summed E-state index contributed by atoms with van der Waals surface area (Å²) in [5.41, 5.74) is 2.31. The first-order valence-corrected chi connectivity index (χ1v) is 13.4. The highest BCUT2D eigenvalue weighted by molar-refractivity contribution is 9.10. The number of benzene rings is 2. The van der Waals surface area contributed by atoms with Gasteiger partial charge in [-0.05, 0) is 54.3 Å². The van der Waals surface area contributed by atoms with Gasteiger partial charge < -0.3 is 9.64 Å². The molecular formula is C24H26BrN5O4S. The summed E-state index contributed by atoms with van der Waals surface area (Å²) in [4.78, 5) is 14.6. The summed E-state index contributed by atoms with van der Waals surface area (Å²) in [6.45, 7) is 5.55. The number of nitrogens with zero attached hydrogens (tertiary/aromatic N) is 4. The summed E-state index contributed by atoms with van der Waals surface area (Å²) in [6.07, 6.45) is 2.59. The Bertz CT molecular complexity index is 1280. The van der Waals surface area contributed by atoms with E-state index in [0.717, 1.165) is 33.3 Å². The molecular weight excluding hydrogens is 534 g/mol. The fourth-order valence-electron chi connectivity index (χ4n) is 3.77. The molecule has 0 spiro atoms. The van der Waals surface area contributed by atoms with Gasteiger partial charge in [0.05, 0.1) is 12.7 Å². The monoisotopic (exact) mass is 559 g/mol. The molecule has 184 valence electrons. The van der Waals surface area contributed by atoms with Crippen LogP contribution in [0.5, 0.6) is 5.75 Å². The van der Waals surface area contributed by atoms with Crippen molar-refractivity contribution in [1.29, 1.82) is 0 Å². The molecule has 1 aliphatic heterocycles. The van der Waals surface area contributed by atoms with Crippen molar-refractivity contribution in [2.75, 3.05) is 19.6 Å². The molecule has 2 aromatic carbocycles. The van der Waals surface area contributed by atoms with Gasteiger partial charge in [-0.1, -0.05) is 39.9 Å². The van der Waals surface area contributed by atoms with Crippen molar-refractivity contribution in [3.63, 3.8) is 0 Å². The van der Waals surface area contributed by atoms with E-state index < -0.39 is 10.0 Å². The Morgan fingerprint density at radius 3 is 2.66 bits per heavy atom. The first kappa shape index (κ1) is 25.1. The Kier molecular flexibility index (Phi) is 7.99. The number of hydrogen-bond donors (Lipinski definition) is 1. The van der Waals surface area contributed by atoms with Crippen molar-refractivity contribution in [2.45, 2.75) is 19.6 Å². The minimum Gasteiger partial charge on any atom is -0.487 e. The predicted molar refractivity (Wildman–Crippen MR) is 135 cm³/mol. The van der Waals surface area contributed by atoms with Gasteiger partial charge in [0.2, 0.25) is 10.0 Å². The molecule has 0 radical (unpaired) electrons. The fourth-order valence-corrected chi connectivity index (χ4v) is 4.62. The molecule has 35 heavy (non-hydrogen) atoms. The molecule has 1 aliphatic rings. The van der Waals surface area contributed by atoms with E-state index in [0.29, 0.717) is 38.3 Å². The maximum absolute atomic E-state index is 12.9. The fraction of sp³-hybridized carbons (Fsp3) is 0.292. The lowest BCUT2D eigenvalue weighted by Gasteiger charge is -2.17. The average Bonchev–Trinajstić information content (AvgIpc) is 3.52. The van der Waals surface area contributed by atoms with Crippen molar-refractivity contribution in [3.8, 4) is 5.75 Å². The van der Waals surface area contributed by atoms with E-state index in [-0.39, 0.29) is 11.8 Å². The van der Waals surface area contributed by atoms with Crippen molar-refractivity contribution < 1.29 is 17.9 Å². The largest absolute Gasteiger partial charge is 0.487 e. The second-order valence-electron chi connectivity index (χ2n) is 8.31. The number of ether oxygens (including phenoxy) is 1. The second-order valence-corrected chi connectivity index (χ2v) is 10.9. The van der Waals surface area contributed by atoms with Crippen molar-refractivity contribution in [1.82, 2.24) is 24.6 Å². The van der Waals surface area contributed by atoms with Gasteiger partial charge in [0.1, 0.15) is 18.1 Å². The summed E-state index contributed by atoms with van der Waals surface area (Å²) in [5, 5.41) is 9.21. The normalized spacial score (nSPS) is 15.8. The van der Waals surface area contributed by atoms with Gasteiger partial charge in [0.25, 0.3) is 5.91 Å². The summed E-state index contributed by atoms with van der Waals surface area (Å²) in [6, 6.07) is 15.0. The molecule has 4 rings (SSSR count). The van der Waals surface area contributed by atoms with E-state index in [9.17, 15) is 13.2 Å². The number of nitrogens with one attached hydrogen (secondary N) is 1. The Morgan fingerprint density at radius 2 is 1.94 bits per heavy atom. The van der Waals surface area contributed by atoms with Gasteiger partial charge in [0, 0.05) is 35.1 Å². The predicted octanol–water partition coefficient (Wildman–Crippen LogP) is 3.19. The Morgan fingerprint density at radius 1 is 1.20 bits per heavy atom. The average molecular weight is 560 g/mol. The van der Waals surface area contributed by atoms with Crippen LogP contribution in [0.4, 0.5) is 0 Å². The van der Waals surface area contributed by atoms with Crippen LogP contribution in [0.2, 0.25) is 0 Å². The van der Waals surface area contributed by atoms with Crippen LogP contribution >= 0.6 is 15.9 Å². The number of carbonyl (C=O) groups excluding carboxylic acids is 1. The maximum atomic E-state index is 12.9. The summed E-state index contributed by atoms with van der Waals surface area (Å²) in [5.74, 6) is 0.784. The highest BCUT2D eigenvalue weighted by Crippen LogP contribution is 2.20. The summed E-state index contributed by atoms with van der Waals surface area (Å²) in [7, 11) is -3.45. The number of hydrogen-bond acceptors (Lipinski definition) is 6. The van der Waals surface area contributed by atoms with E-state index in [2.05, 4.69) is 37.5 Å². The Labute approximate surface area is 213 Å². The number of amides is 1. The third-order valence-corrected chi connectivity index (χ3v) is 7.23. The quantitative estimate of drug-likeness (QED) is 0.409. The molecule has 0 aliphatic carbocycles. The standard InChI is InChI=1S/C24H26BrN5O4S/c1-2-35(32,33)26-13-19-11-12-29(14-19)24(31)20-5-3-18(4-6-20)15-30-16-22(27-28-30)17-34-23-9-7-21(25)8-10-23/h2-10,16,19,26H,1,11-15,17H2/t19-/m1/s1. The van der Waals surface area contributed by atoms with Crippen molar-refractivity contribution >= 4 is 31.9 Å². The molecule has 1 fully saturated rings. The SMILES string of the molecule is C=CS(=O)(=O)NC[C@H]1CCN(C(=O)c2ccc(Cn3cc(COc4ccc(Br)cc4)nn3)cc2)C1. The molecule has 1 saturated heterocycles. The third-order valence-electron chi connectivity index (χ3n) is 5.70. The number of sulfonamides is 1. The van der Waals surface area contributed by atoms with Crippen molar-refractivity contribution in [3.05, 3.63) is 88.0 Å². The van der Waals surface area contributed by atoms with Gasteiger partial charge in [-0.25, -0.2) is 17.8 Å². The van der Waals surface area contributed by atoms with Crippen LogP contribution in [-0.4, -0.2) is 53.9 Å². The van der Waals surface area contributed by atoms with Gasteiger partial charge in [-0.3, -0.25) is 4.79 Å². The van der Waals surface area contributed by atoms with Crippen LogP contribution in [0.3, 0.4) is 0 Å². The maximum Gasteiger partial charge on any atom is 0.253 e. The molecule has 1 atom stereocenters. The van der Waals surface area contributed by atoms with Crippen LogP contribution in [0.1, 0.15) is 28.0 Å². The molecule has 1 N–H and O–H groups in total. The smallest absolute Gasteiger partial charge is 0.253 e. The molecule has 1 amide bonds. The first-order chi connectivity index (χ1) is 16.8. The zero-order chi connectivity index (χ0) is 24.8. The Balaban J connectivity index is 1.27. The van der Waals surface area contributed by atoms with Crippen LogP contribution in [-0.2, 0) is 23.2 Å². The molecule has 3 aromatic rings. The molecule has 9 nitrogen and oxygen atoms in total. The summed E-state index contributed by atoms with van der Waals surface area (Å²) < 4.78 is 34.0. The van der Waals surface area contributed by atoms with Crippen LogP contribution in [0.25, 0.3) is 0 Å². The highest BCUT2D eigenvalue weighted by atomic mass is 79.9. The molecule has 11 heteroatoms. The van der Waals surface area contributed by atoms with E-state index >= 15 is 0 Å². The number of halogens is 1. The van der Waals surface area contributed by atoms with Gasteiger partial charge in [-0.15, -0.1) is 5.10 Å². The Hall–Kier alpha value is -3.02. The number of rotatable bonds is 10. The van der Waals surface area contributed by atoms with Gasteiger partial charge >= 0.3 is 0 Å². The topological polar surface area (TPSA) is 106 Å². The zero-order valence-electron chi connectivity index (χ0n) is 19.0. The molecule has 0 bridgehead atoms. The second kappa shape index (κ2) is 11.1. The lowest BCUT2D eigenvalue weighted by atomic mass is 10.1. The minimum absolute atomic E-state index is 0.0567. The molecule has 1 aromatic heterocycles. The number of carbonyl (C=O) groups is 1. The lowest BCUT2D eigenvalue weighted by molar-refractivity contribution is 0.0787. The molecule has 0 saturated carbocycles. The molecule has 2 heterocycles. The van der Waals surface area contributed by atoms with Gasteiger partial charge in [-0.2, -0.15) is 0 Å².